The van der Waals surface area contributed by atoms with Gasteiger partial charge in [0.15, 0.2) is 0 Å². The molecule has 1 atom stereocenters. The fourth-order valence-corrected chi connectivity index (χ4v) is 1.69. The molecule has 1 aliphatic heterocycles. The Labute approximate surface area is 85.9 Å². The molecule has 15 heavy (non-hydrogen) atoms. The van der Waals surface area contributed by atoms with Crippen molar-refractivity contribution >= 4 is 12.0 Å². The van der Waals surface area contributed by atoms with Gasteiger partial charge in [0.25, 0.3) is 0 Å². The summed E-state index contributed by atoms with van der Waals surface area (Å²) in [7, 11) is 0. The van der Waals surface area contributed by atoms with Crippen LogP contribution in [0.2, 0.25) is 0 Å². The summed E-state index contributed by atoms with van der Waals surface area (Å²) in [5.41, 5.74) is 0.612. The molecule has 2 heterocycles. The van der Waals surface area contributed by atoms with E-state index in [0.717, 1.165) is 4.57 Å². The van der Waals surface area contributed by atoms with Crippen LogP contribution in [0.1, 0.15) is 30.4 Å². The fraction of sp³-hybridized carbons (Fsp3) is 0.444. The molecule has 1 aromatic rings. The van der Waals surface area contributed by atoms with Gasteiger partial charge in [-0.25, -0.2) is 14.3 Å². The lowest BCUT2D eigenvalue weighted by Crippen LogP contribution is -2.18. The Morgan fingerprint density at radius 3 is 2.93 bits per heavy atom. The number of nitrogens with one attached hydrogen (secondary N) is 1. The normalized spacial score (nSPS) is 20.3. The van der Waals surface area contributed by atoms with Crippen molar-refractivity contribution in [1.82, 2.24) is 14.9 Å². The first-order valence-electron chi connectivity index (χ1n) is 4.66. The van der Waals surface area contributed by atoms with Crippen molar-refractivity contribution in [3.63, 3.8) is 0 Å². The van der Waals surface area contributed by atoms with E-state index in [-0.39, 0.29) is 11.9 Å². The Morgan fingerprint density at radius 2 is 2.47 bits per heavy atom. The van der Waals surface area contributed by atoms with Gasteiger partial charge in [-0.1, -0.05) is 0 Å². The van der Waals surface area contributed by atoms with E-state index in [0.29, 0.717) is 24.4 Å². The summed E-state index contributed by atoms with van der Waals surface area (Å²) in [4.78, 5) is 25.9. The second-order valence-corrected chi connectivity index (χ2v) is 3.52. The number of hydrogen-bond acceptors (Lipinski definition) is 3. The van der Waals surface area contributed by atoms with Crippen LogP contribution in [0.25, 0.3) is 0 Å². The zero-order chi connectivity index (χ0) is 11.0. The van der Waals surface area contributed by atoms with Crippen LogP contribution in [0.4, 0.5) is 4.79 Å². The number of carbonyl (C=O) groups excluding carboxylic acids is 1. The molecule has 0 bridgehead atoms. The number of carboxylic acid groups (broad SMARTS) is 1. The topological polar surface area (TPSA) is 84.2 Å². The molecular weight excluding hydrogens is 198 g/mol. The van der Waals surface area contributed by atoms with E-state index in [4.69, 9.17) is 5.11 Å². The Balaban J connectivity index is 2.26. The van der Waals surface area contributed by atoms with Gasteiger partial charge in [-0.15, -0.1) is 0 Å². The molecule has 0 saturated carbocycles. The summed E-state index contributed by atoms with van der Waals surface area (Å²) in [6, 6.07) is -0.142. The minimum absolute atomic E-state index is 0.0115. The van der Waals surface area contributed by atoms with Crippen molar-refractivity contribution in [2.24, 2.45) is 0 Å². The molecule has 0 spiro atoms. The second kappa shape index (κ2) is 3.38. The Kier molecular flexibility index (Phi) is 2.18. The predicted molar refractivity (Wildman–Crippen MR) is 50.5 cm³/mol. The van der Waals surface area contributed by atoms with Gasteiger partial charge in [-0.05, 0) is 13.3 Å². The van der Waals surface area contributed by atoms with Crippen molar-refractivity contribution < 1.29 is 14.7 Å². The third-order valence-corrected chi connectivity index (χ3v) is 2.46. The van der Waals surface area contributed by atoms with E-state index in [1.165, 1.54) is 6.20 Å². The fourth-order valence-electron chi connectivity index (χ4n) is 1.69. The highest BCUT2D eigenvalue weighted by Crippen LogP contribution is 2.22. The summed E-state index contributed by atoms with van der Waals surface area (Å²) in [5.74, 6) is 0.404. The van der Waals surface area contributed by atoms with E-state index < -0.39 is 6.09 Å². The zero-order valence-corrected chi connectivity index (χ0v) is 8.23. The van der Waals surface area contributed by atoms with Crippen LogP contribution in [0.5, 0.6) is 0 Å². The lowest BCUT2D eigenvalue weighted by Gasteiger charge is -2.04. The Morgan fingerprint density at radius 1 is 1.73 bits per heavy atom. The smallest absolute Gasteiger partial charge is 0.417 e. The summed E-state index contributed by atoms with van der Waals surface area (Å²) in [6.45, 7) is 1.62. The van der Waals surface area contributed by atoms with Crippen LogP contribution < -0.4 is 5.32 Å². The van der Waals surface area contributed by atoms with E-state index in [9.17, 15) is 9.59 Å². The molecule has 0 radical (unpaired) electrons. The molecule has 0 unspecified atom stereocenters. The third kappa shape index (κ3) is 1.70. The van der Waals surface area contributed by atoms with Crippen molar-refractivity contribution in [1.29, 1.82) is 0 Å². The minimum atomic E-state index is -1.06. The van der Waals surface area contributed by atoms with Crippen LogP contribution in [0, 0.1) is 6.92 Å². The quantitative estimate of drug-likeness (QED) is 0.711. The van der Waals surface area contributed by atoms with Gasteiger partial charge in [0.2, 0.25) is 5.91 Å². The second-order valence-electron chi connectivity index (χ2n) is 3.52. The van der Waals surface area contributed by atoms with Gasteiger partial charge < -0.3 is 10.4 Å². The SMILES string of the molecule is Cc1nc([C@@H]2CCC(=O)N2)cn1C(=O)O. The molecule has 0 aliphatic carbocycles. The summed E-state index contributed by atoms with van der Waals surface area (Å²) < 4.78 is 1.06. The number of hydrogen-bond donors (Lipinski definition) is 2. The monoisotopic (exact) mass is 209 g/mol. The highest BCUT2D eigenvalue weighted by atomic mass is 16.4. The van der Waals surface area contributed by atoms with Gasteiger partial charge >= 0.3 is 6.09 Å². The number of carbonyl (C=O) groups is 2. The Bertz CT molecular complexity index is 424. The molecule has 80 valence electrons. The number of aromatic nitrogens is 2. The Hall–Kier alpha value is -1.85. The standard InChI is InChI=1S/C9H11N3O3/c1-5-10-7(4-12(5)9(14)15)6-2-3-8(13)11-6/h4,6H,2-3H2,1H3,(H,11,13)(H,14,15)/t6-/m0/s1. The molecule has 1 aliphatic rings. The van der Waals surface area contributed by atoms with E-state index in [2.05, 4.69) is 10.3 Å². The first kappa shape index (κ1) is 9.70. The molecule has 2 rings (SSSR count). The molecule has 6 nitrogen and oxygen atoms in total. The summed E-state index contributed by atoms with van der Waals surface area (Å²) in [5, 5.41) is 11.6. The third-order valence-electron chi connectivity index (χ3n) is 2.46. The number of nitrogens with zero attached hydrogens (tertiary/aromatic N) is 2. The lowest BCUT2D eigenvalue weighted by atomic mass is 10.2. The van der Waals surface area contributed by atoms with Gasteiger partial charge in [-0.3, -0.25) is 4.79 Å². The molecular formula is C9H11N3O3. The van der Waals surface area contributed by atoms with Crippen LogP contribution >= 0.6 is 0 Å². The molecule has 6 heteroatoms. The van der Waals surface area contributed by atoms with Gasteiger partial charge in [0, 0.05) is 12.6 Å². The van der Waals surface area contributed by atoms with Gasteiger partial charge in [-0.2, -0.15) is 0 Å². The van der Waals surface area contributed by atoms with Gasteiger partial charge in [0.1, 0.15) is 5.82 Å². The largest absolute Gasteiger partial charge is 0.464 e. The van der Waals surface area contributed by atoms with Crippen molar-refractivity contribution in [2.45, 2.75) is 25.8 Å². The van der Waals surface area contributed by atoms with Crippen LogP contribution in [-0.4, -0.2) is 26.7 Å². The molecule has 1 amide bonds. The number of imidazole rings is 1. The molecule has 1 fully saturated rings. The van der Waals surface area contributed by atoms with E-state index in [1.807, 2.05) is 0 Å². The highest BCUT2D eigenvalue weighted by Gasteiger charge is 2.25. The number of amides is 1. The first-order valence-corrected chi connectivity index (χ1v) is 4.66. The predicted octanol–water partition coefficient (Wildman–Crippen LogP) is 0.669. The van der Waals surface area contributed by atoms with Crippen LogP contribution in [0.15, 0.2) is 6.20 Å². The summed E-state index contributed by atoms with van der Waals surface area (Å²) >= 11 is 0. The molecule has 0 aromatic carbocycles. The average Bonchev–Trinajstić information content (AvgIpc) is 2.71. The molecule has 1 saturated heterocycles. The van der Waals surface area contributed by atoms with Crippen molar-refractivity contribution in [3.8, 4) is 0 Å². The maximum atomic E-state index is 11.0. The number of rotatable bonds is 1. The lowest BCUT2D eigenvalue weighted by molar-refractivity contribution is -0.119. The molecule has 1 aromatic heterocycles. The minimum Gasteiger partial charge on any atom is -0.464 e. The van der Waals surface area contributed by atoms with Crippen LogP contribution in [0.3, 0.4) is 0 Å². The van der Waals surface area contributed by atoms with Gasteiger partial charge in [0.05, 0.1) is 11.7 Å². The average molecular weight is 209 g/mol. The number of aryl methyl sites for hydroxylation is 1. The van der Waals surface area contributed by atoms with Crippen LogP contribution in [-0.2, 0) is 4.79 Å². The zero-order valence-electron chi connectivity index (χ0n) is 8.23. The van der Waals surface area contributed by atoms with Crippen molar-refractivity contribution in [2.75, 3.05) is 0 Å². The highest BCUT2D eigenvalue weighted by molar-refractivity contribution is 5.78. The maximum absolute atomic E-state index is 11.0. The van der Waals surface area contributed by atoms with E-state index in [1.54, 1.807) is 6.92 Å². The van der Waals surface area contributed by atoms with E-state index >= 15 is 0 Å². The maximum Gasteiger partial charge on any atom is 0.417 e. The summed E-state index contributed by atoms with van der Waals surface area (Å²) in [6.07, 6.45) is 1.54. The molecule has 2 N–H and O–H groups in total. The van der Waals surface area contributed by atoms with Crippen molar-refractivity contribution in [3.05, 3.63) is 17.7 Å². The first-order chi connectivity index (χ1) is 7.08.